The summed E-state index contributed by atoms with van der Waals surface area (Å²) in [5.41, 5.74) is 2.81. The molecule has 160 valence electrons. The third-order valence-electron chi connectivity index (χ3n) is 7.44. The first-order chi connectivity index (χ1) is 15.4. The minimum atomic E-state index is -1.19. The molecule has 0 aliphatic heterocycles. The van der Waals surface area contributed by atoms with Gasteiger partial charge in [0.1, 0.15) is 0 Å². The van der Waals surface area contributed by atoms with Crippen LogP contribution in [-0.2, 0) is 5.41 Å². The summed E-state index contributed by atoms with van der Waals surface area (Å²) in [6.07, 6.45) is 8.32. The molecule has 2 aromatic rings. The van der Waals surface area contributed by atoms with E-state index in [0.717, 1.165) is 29.4 Å². The van der Waals surface area contributed by atoms with Gasteiger partial charge in [-0.1, -0.05) is 24.0 Å². The number of carbonyl (C=O) groups is 2. The van der Waals surface area contributed by atoms with E-state index in [1.54, 1.807) is 0 Å². The van der Waals surface area contributed by atoms with Crippen LogP contribution in [0.5, 0.6) is 0 Å². The molecule has 2 N–H and O–H groups in total. The van der Waals surface area contributed by atoms with Gasteiger partial charge in [0.05, 0.1) is 11.1 Å². The van der Waals surface area contributed by atoms with Crippen molar-refractivity contribution in [3.63, 3.8) is 0 Å². The second-order valence-corrected chi connectivity index (χ2v) is 9.68. The van der Waals surface area contributed by atoms with Crippen LogP contribution in [0.15, 0.2) is 42.5 Å². The third-order valence-corrected chi connectivity index (χ3v) is 7.44. The SMILES string of the molecule is O=C(O)c1cc(C#CC#Cc2ccc(C34CC5CC(CC(C5)C3)C4)cc2)cc(C(=O)O)c1. The van der Waals surface area contributed by atoms with Crippen LogP contribution in [0.3, 0.4) is 0 Å². The Kier molecular flexibility index (Phi) is 5.03. The van der Waals surface area contributed by atoms with Crippen molar-refractivity contribution in [3.05, 3.63) is 70.3 Å². The van der Waals surface area contributed by atoms with Crippen LogP contribution in [-0.4, -0.2) is 22.2 Å². The fourth-order valence-corrected chi connectivity index (χ4v) is 6.52. The maximum atomic E-state index is 11.2. The van der Waals surface area contributed by atoms with E-state index in [-0.39, 0.29) is 11.1 Å². The number of hydrogen-bond acceptors (Lipinski definition) is 2. The molecule has 4 aliphatic carbocycles. The Labute approximate surface area is 187 Å². The summed E-state index contributed by atoms with van der Waals surface area (Å²) in [6.45, 7) is 0. The molecule has 0 aromatic heterocycles. The number of aromatic carboxylic acids is 2. The summed E-state index contributed by atoms with van der Waals surface area (Å²) >= 11 is 0. The van der Waals surface area contributed by atoms with Gasteiger partial charge in [-0.15, -0.1) is 0 Å². The number of carboxylic acid groups (broad SMARTS) is 2. The van der Waals surface area contributed by atoms with Gasteiger partial charge in [0.2, 0.25) is 0 Å². The van der Waals surface area contributed by atoms with Gasteiger partial charge in [-0.3, -0.25) is 0 Å². The molecule has 0 atom stereocenters. The summed E-state index contributed by atoms with van der Waals surface area (Å²) in [4.78, 5) is 22.4. The third kappa shape index (κ3) is 3.90. The first kappa shape index (κ1) is 20.4. The van der Waals surface area contributed by atoms with Gasteiger partial charge in [0.25, 0.3) is 0 Å². The van der Waals surface area contributed by atoms with Crippen molar-refractivity contribution in [1.82, 2.24) is 0 Å². The zero-order valence-electron chi connectivity index (χ0n) is 17.7. The van der Waals surface area contributed by atoms with E-state index in [2.05, 4.69) is 47.9 Å². The van der Waals surface area contributed by atoms with Crippen molar-refractivity contribution in [2.75, 3.05) is 0 Å². The molecule has 4 bridgehead atoms. The quantitative estimate of drug-likeness (QED) is 0.684. The predicted octanol–water partition coefficient (Wildman–Crippen LogP) is 4.95. The Bertz CT molecular complexity index is 1150. The Morgan fingerprint density at radius 2 is 1.19 bits per heavy atom. The van der Waals surface area contributed by atoms with Gasteiger partial charge in [-0.25, -0.2) is 9.59 Å². The van der Waals surface area contributed by atoms with Crippen LogP contribution in [0.2, 0.25) is 0 Å². The minimum absolute atomic E-state index is 0.109. The lowest BCUT2D eigenvalue weighted by molar-refractivity contribution is -0.00519. The average Bonchev–Trinajstić information content (AvgIpc) is 2.76. The number of rotatable bonds is 3. The molecule has 0 spiro atoms. The first-order valence-electron chi connectivity index (χ1n) is 11.1. The van der Waals surface area contributed by atoms with E-state index in [1.165, 1.54) is 56.2 Å². The van der Waals surface area contributed by atoms with Crippen LogP contribution in [0.25, 0.3) is 0 Å². The lowest BCUT2D eigenvalue weighted by Crippen LogP contribution is -2.48. The standard InChI is InChI=1S/C28H24O4/c29-26(30)23-12-19(13-24(14-23)27(31)32)4-2-1-3-18-5-7-25(8-6-18)28-15-20-9-21(16-28)11-22(10-20)17-28/h5-8,12-14,20-22H,9-11,15-17H2,(H,29,30)(H,31,32). The Morgan fingerprint density at radius 1 is 0.719 bits per heavy atom. The fourth-order valence-electron chi connectivity index (χ4n) is 6.52. The van der Waals surface area contributed by atoms with Gasteiger partial charge in [0, 0.05) is 11.1 Å². The largest absolute Gasteiger partial charge is 0.478 e. The first-order valence-corrected chi connectivity index (χ1v) is 11.1. The fraction of sp³-hybridized carbons (Fsp3) is 0.357. The second kappa shape index (κ2) is 7.88. The Morgan fingerprint density at radius 3 is 1.66 bits per heavy atom. The maximum absolute atomic E-state index is 11.2. The van der Waals surface area contributed by atoms with Crippen LogP contribution >= 0.6 is 0 Å². The number of hydrogen-bond donors (Lipinski definition) is 2. The normalized spacial score (nSPS) is 27.1. The molecule has 4 saturated carbocycles. The van der Waals surface area contributed by atoms with E-state index in [9.17, 15) is 9.59 Å². The average molecular weight is 424 g/mol. The van der Waals surface area contributed by atoms with Gasteiger partial charge in [0.15, 0.2) is 0 Å². The molecule has 0 saturated heterocycles. The van der Waals surface area contributed by atoms with Crippen molar-refractivity contribution < 1.29 is 19.8 Å². The molecular formula is C28H24O4. The minimum Gasteiger partial charge on any atom is -0.478 e. The summed E-state index contributed by atoms with van der Waals surface area (Å²) in [7, 11) is 0. The molecular weight excluding hydrogens is 400 g/mol. The van der Waals surface area contributed by atoms with E-state index in [0.29, 0.717) is 11.0 Å². The summed E-state index contributed by atoms with van der Waals surface area (Å²) < 4.78 is 0. The van der Waals surface area contributed by atoms with Crippen LogP contribution < -0.4 is 0 Å². The molecule has 0 heterocycles. The lowest BCUT2D eigenvalue weighted by atomic mass is 9.48. The zero-order valence-corrected chi connectivity index (χ0v) is 17.7. The zero-order chi connectivity index (χ0) is 22.3. The molecule has 0 amide bonds. The van der Waals surface area contributed by atoms with Crippen molar-refractivity contribution in [2.24, 2.45) is 17.8 Å². The van der Waals surface area contributed by atoms with E-state index < -0.39 is 11.9 Å². The van der Waals surface area contributed by atoms with E-state index in [4.69, 9.17) is 10.2 Å². The van der Waals surface area contributed by atoms with Crippen LogP contribution in [0.4, 0.5) is 0 Å². The number of carboxylic acids is 2. The van der Waals surface area contributed by atoms with Crippen LogP contribution in [0.1, 0.15) is 75.9 Å². The highest BCUT2D eigenvalue weighted by Crippen LogP contribution is 2.60. The molecule has 2 aromatic carbocycles. The monoisotopic (exact) mass is 424 g/mol. The molecule has 32 heavy (non-hydrogen) atoms. The smallest absolute Gasteiger partial charge is 0.335 e. The second-order valence-electron chi connectivity index (χ2n) is 9.68. The Balaban J connectivity index is 1.33. The van der Waals surface area contributed by atoms with Crippen molar-refractivity contribution in [2.45, 2.75) is 43.9 Å². The predicted molar refractivity (Wildman–Crippen MR) is 120 cm³/mol. The highest BCUT2D eigenvalue weighted by molar-refractivity contribution is 5.94. The van der Waals surface area contributed by atoms with Gasteiger partial charge in [-0.2, -0.15) is 0 Å². The molecule has 6 rings (SSSR count). The number of benzene rings is 2. The van der Waals surface area contributed by atoms with Crippen molar-refractivity contribution in [3.8, 4) is 23.7 Å². The van der Waals surface area contributed by atoms with E-state index >= 15 is 0 Å². The molecule has 4 fully saturated rings. The van der Waals surface area contributed by atoms with E-state index in [1.807, 2.05) is 0 Å². The highest BCUT2D eigenvalue weighted by atomic mass is 16.4. The van der Waals surface area contributed by atoms with Crippen molar-refractivity contribution in [1.29, 1.82) is 0 Å². The summed E-state index contributed by atoms with van der Waals surface area (Å²) in [6, 6.07) is 12.4. The molecule has 0 radical (unpaired) electrons. The van der Waals surface area contributed by atoms with Crippen LogP contribution in [0, 0.1) is 41.4 Å². The molecule has 4 nitrogen and oxygen atoms in total. The molecule has 4 heteroatoms. The lowest BCUT2D eigenvalue weighted by Gasteiger charge is -2.57. The molecule has 0 unspecified atom stereocenters. The van der Waals surface area contributed by atoms with Gasteiger partial charge < -0.3 is 10.2 Å². The topological polar surface area (TPSA) is 74.6 Å². The summed E-state index contributed by atoms with van der Waals surface area (Å²) in [5, 5.41) is 18.3. The Hall–Kier alpha value is -3.50. The molecule has 4 aliphatic rings. The van der Waals surface area contributed by atoms with Gasteiger partial charge >= 0.3 is 11.9 Å². The van der Waals surface area contributed by atoms with Gasteiger partial charge in [-0.05, 0) is 109 Å². The summed E-state index contributed by atoms with van der Waals surface area (Å²) in [5.74, 6) is 11.7. The van der Waals surface area contributed by atoms with Crippen molar-refractivity contribution >= 4 is 11.9 Å². The maximum Gasteiger partial charge on any atom is 0.335 e. The highest BCUT2D eigenvalue weighted by Gasteiger charge is 2.51.